The lowest BCUT2D eigenvalue weighted by molar-refractivity contribution is 0.246. The summed E-state index contributed by atoms with van der Waals surface area (Å²) in [5.74, 6) is 0.904. The molecule has 0 aliphatic rings. The summed E-state index contributed by atoms with van der Waals surface area (Å²) in [6.07, 6.45) is 1.91. The van der Waals surface area contributed by atoms with E-state index in [1.807, 2.05) is 19.1 Å². The number of rotatable bonds is 6. The molecule has 2 aromatic heterocycles. The van der Waals surface area contributed by atoms with Gasteiger partial charge >= 0.3 is 0 Å². The predicted molar refractivity (Wildman–Crippen MR) is 69.9 cm³/mol. The Kier molecular flexibility index (Phi) is 4.12. The maximum absolute atomic E-state index is 5.24. The van der Waals surface area contributed by atoms with Gasteiger partial charge in [0.05, 0.1) is 12.2 Å². The molecule has 2 aromatic rings. The molecule has 2 heterocycles. The SMILES string of the molecule is C=CCN(Cc1cc(C)no1)Cc1cccs1. The van der Waals surface area contributed by atoms with Crippen LogP contribution >= 0.6 is 11.3 Å². The van der Waals surface area contributed by atoms with Crippen molar-refractivity contribution in [2.24, 2.45) is 0 Å². The molecule has 0 radical (unpaired) electrons. The molecule has 4 heteroatoms. The zero-order chi connectivity index (χ0) is 12.1. The zero-order valence-corrected chi connectivity index (χ0v) is 10.7. The van der Waals surface area contributed by atoms with Crippen molar-refractivity contribution in [3.8, 4) is 0 Å². The summed E-state index contributed by atoms with van der Waals surface area (Å²) in [5.41, 5.74) is 0.926. The van der Waals surface area contributed by atoms with Crippen LogP contribution in [0.15, 0.2) is 40.8 Å². The van der Waals surface area contributed by atoms with Crippen molar-refractivity contribution < 1.29 is 4.52 Å². The van der Waals surface area contributed by atoms with Crippen LogP contribution in [0.25, 0.3) is 0 Å². The first kappa shape index (κ1) is 12.1. The van der Waals surface area contributed by atoms with Crippen LogP contribution in [0.2, 0.25) is 0 Å². The van der Waals surface area contributed by atoms with E-state index in [4.69, 9.17) is 4.52 Å². The fraction of sp³-hybridized carbons (Fsp3) is 0.308. The van der Waals surface area contributed by atoms with Gasteiger partial charge in [-0.15, -0.1) is 17.9 Å². The Morgan fingerprint density at radius 1 is 1.53 bits per heavy atom. The van der Waals surface area contributed by atoms with E-state index in [0.717, 1.165) is 31.1 Å². The lowest BCUT2D eigenvalue weighted by Crippen LogP contribution is -2.22. The first-order chi connectivity index (χ1) is 8.28. The van der Waals surface area contributed by atoms with Gasteiger partial charge in [-0.2, -0.15) is 0 Å². The third kappa shape index (κ3) is 3.54. The summed E-state index contributed by atoms with van der Waals surface area (Å²) in [7, 11) is 0. The van der Waals surface area contributed by atoms with Gasteiger partial charge in [-0.05, 0) is 18.4 Å². The Morgan fingerprint density at radius 2 is 2.41 bits per heavy atom. The lowest BCUT2D eigenvalue weighted by atomic mass is 10.3. The van der Waals surface area contributed by atoms with Gasteiger partial charge in [0.25, 0.3) is 0 Å². The second-order valence-corrected chi connectivity index (χ2v) is 5.00. The molecule has 17 heavy (non-hydrogen) atoms. The van der Waals surface area contributed by atoms with E-state index in [0.29, 0.717) is 0 Å². The normalized spacial score (nSPS) is 10.9. The van der Waals surface area contributed by atoms with Gasteiger partial charge in [0, 0.05) is 24.0 Å². The van der Waals surface area contributed by atoms with Crippen molar-refractivity contribution in [3.05, 3.63) is 52.6 Å². The van der Waals surface area contributed by atoms with Crippen molar-refractivity contribution in [2.75, 3.05) is 6.54 Å². The molecule has 0 aliphatic heterocycles. The highest BCUT2D eigenvalue weighted by atomic mass is 32.1. The van der Waals surface area contributed by atoms with E-state index < -0.39 is 0 Å². The third-order valence-corrected chi connectivity index (χ3v) is 3.26. The molecule has 0 N–H and O–H groups in total. The summed E-state index contributed by atoms with van der Waals surface area (Å²) in [6.45, 7) is 8.26. The van der Waals surface area contributed by atoms with Crippen molar-refractivity contribution in [1.29, 1.82) is 0 Å². The monoisotopic (exact) mass is 248 g/mol. The smallest absolute Gasteiger partial charge is 0.150 e. The first-order valence-electron chi connectivity index (χ1n) is 5.56. The quantitative estimate of drug-likeness (QED) is 0.735. The maximum atomic E-state index is 5.24. The highest BCUT2D eigenvalue weighted by molar-refractivity contribution is 7.09. The van der Waals surface area contributed by atoms with Crippen molar-refractivity contribution in [3.63, 3.8) is 0 Å². The largest absolute Gasteiger partial charge is 0.360 e. The van der Waals surface area contributed by atoms with Gasteiger partial charge in [0.2, 0.25) is 0 Å². The van der Waals surface area contributed by atoms with E-state index in [9.17, 15) is 0 Å². The van der Waals surface area contributed by atoms with Crippen LogP contribution in [-0.2, 0) is 13.1 Å². The molecule has 0 fully saturated rings. The van der Waals surface area contributed by atoms with E-state index in [-0.39, 0.29) is 0 Å². The molecule has 0 spiro atoms. The average Bonchev–Trinajstić information content (AvgIpc) is 2.91. The fourth-order valence-corrected chi connectivity index (χ4v) is 2.45. The number of hydrogen-bond acceptors (Lipinski definition) is 4. The number of nitrogens with zero attached hydrogens (tertiary/aromatic N) is 2. The van der Waals surface area contributed by atoms with Crippen LogP contribution < -0.4 is 0 Å². The fourth-order valence-electron chi connectivity index (χ4n) is 1.70. The van der Waals surface area contributed by atoms with Crippen LogP contribution in [-0.4, -0.2) is 16.6 Å². The predicted octanol–water partition coefficient (Wildman–Crippen LogP) is 3.23. The van der Waals surface area contributed by atoms with Gasteiger partial charge in [-0.1, -0.05) is 17.3 Å². The summed E-state index contributed by atoms with van der Waals surface area (Å²) in [4.78, 5) is 3.63. The molecule has 0 saturated carbocycles. The molecule has 0 bridgehead atoms. The minimum Gasteiger partial charge on any atom is -0.360 e. The second-order valence-electron chi connectivity index (χ2n) is 3.97. The van der Waals surface area contributed by atoms with Crippen molar-refractivity contribution in [2.45, 2.75) is 20.0 Å². The van der Waals surface area contributed by atoms with Gasteiger partial charge in [0.1, 0.15) is 0 Å². The third-order valence-electron chi connectivity index (χ3n) is 2.40. The highest BCUT2D eigenvalue weighted by Gasteiger charge is 2.09. The number of thiophene rings is 1. The maximum Gasteiger partial charge on any atom is 0.150 e. The first-order valence-corrected chi connectivity index (χ1v) is 6.43. The van der Waals surface area contributed by atoms with Crippen LogP contribution in [0, 0.1) is 6.92 Å². The molecular weight excluding hydrogens is 232 g/mol. The highest BCUT2D eigenvalue weighted by Crippen LogP contribution is 2.14. The van der Waals surface area contributed by atoms with Crippen molar-refractivity contribution in [1.82, 2.24) is 10.1 Å². The standard InChI is InChI=1S/C13H16N2OS/c1-3-6-15(10-13-5-4-7-17-13)9-12-8-11(2)14-16-12/h3-5,7-8H,1,6,9-10H2,2H3. The summed E-state index contributed by atoms with van der Waals surface area (Å²) < 4.78 is 5.24. The van der Waals surface area contributed by atoms with E-state index in [1.54, 1.807) is 11.3 Å². The Morgan fingerprint density at radius 3 is 3.00 bits per heavy atom. The van der Waals surface area contributed by atoms with Crippen LogP contribution in [0.1, 0.15) is 16.3 Å². The lowest BCUT2D eigenvalue weighted by Gasteiger charge is -2.17. The van der Waals surface area contributed by atoms with Crippen LogP contribution in [0.4, 0.5) is 0 Å². The van der Waals surface area contributed by atoms with Gasteiger partial charge in [0.15, 0.2) is 5.76 Å². The number of aromatic nitrogens is 1. The average molecular weight is 248 g/mol. The molecule has 3 nitrogen and oxygen atoms in total. The van der Waals surface area contributed by atoms with E-state index in [2.05, 4.69) is 34.1 Å². The minimum absolute atomic E-state index is 0.769. The van der Waals surface area contributed by atoms with Gasteiger partial charge in [-0.25, -0.2) is 0 Å². The zero-order valence-electron chi connectivity index (χ0n) is 9.93. The molecule has 0 unspecified atom stereocenters. The number of hydrogen-bond donors (Lipinski definition) is 0. The molecule has 90 valence electrons. The Balaban J connectivity index is 1.99. The Hall–Kier alpha value is -1.39. The second kappa shape index (κ2) is 5.80. The van der Waals surface area contributed by atoms with Crippen molar-refractivity contribution >= 4 is 11.3 Å². The van der Waals surface area contributed by atoms with Crippen LogP contribution in [0.3, 0.4) is 0 Å². The molecule has 0 aliphatic carbocycles. The molecule has 0 atom stereocenters. The topological polar surface area (TPSA) is 29.3 Å². The summed E-state index contributed by atoms with van der Waals surface area (Å²) in [5, 5.41) is 6.00. The minimum atomic E-state index is 0.769. The Labute approximate surface area is 105 Å². The molecule has 0 saturated heterocycles. The molecule has 0 aromatic carbocycles. The van der Waals surface area contributed by atoms with Crippen LogP contribution in [0.5, 0.6) is 0 Å². The van der Waals surface area contributed by atoms with E-state index >= 15 is 0 Å². The Bertz CT molecular complexity index is 461. The van der Waals surface area contributed by atoms with Gasteiger partial charge < -0.3 is 4.52 Å². The summed E-state index contributed by atoms with van der Waals surface area (Å²) in [6, 6.07) is 6.20. The molecular formula is C13H16N2OS. The summed E-state index contributed by atoms with van der Waals surface area (Å²) >= 11 is 1.77. The number of aryl methyl sites for hydroxylation is 1. The van der Waals surface area contributed by atoms with E-state index in [1.165, 1.54) is 4.88 Å². The molecule has 2 rings (SSSR count). The van der Waals surface area contributed by atoms with Gasteiger partial charge in [-0.3, -0.25) is 4.90 Å². The molecule has 0 amide bonds.